The van der Waals surface area contributed by atoms with Gasteiger partial charge in [-0.05, 0) is 0 Å². The topological polar surface area (TPSA) is 129 Å². The molecule has 0 spiro atoms. The van der Waals surface area contributed by atoms with Gasteiger partial charge in [-0.25, -0.2) is 0 Å². The predicted octanol–water partition coefficient (Wildman–Crippen LogP) is -2.40. The Morgan fingerprint density at radius 1 is 1.30 bits per heavy atom. The van der Waals surface area contributed by atoms with Crippen molar-refractivity contribution >= 4 is 22.1 Å². The van der Waals surface area contributed by atoms with Gasteiger partial charge in [-0.1, -0.05) is 6.92 Å². The zero-order chi connectivity index (χ0) is 15.1. The molecule has 1 unspecified atom stereocenters. The fourth-order valence-electron chi connectivity index (χ4n) is 0.962. The molecule has 1 rings (SSSR count). The van der Waals surface area contributed by atoms with Gasteiger partial charge in [-0.3, -0.25) is 14.1 Å². The van der Waals surface area contributed by atoms with Crippen molar-refractivity contribution in [3.8, 4) is 0 Å². The van der Waals surface area contributed by atoms with E-state index in [1.54, 1.807) is 0 Å². The van der Waals surface area contributed by atoms with Crippen LogP contribution in [-0.2, 0) is 19.7 Å². The number of aliphatic carboxylic acids is 2. The molecule has 0 fully saturated rings. The van der Waals surface area contributed by atoms with Crippen LogP contribution in [0.1, 0.15) is 12.0 Å². The zero-order valence-electron chi connectivity index (χ0n) is 11.0. The summed E-state index contributed by atoms with van der Waals surface area (Å²) in [6.07, 6.45) is -1.16. The molecule has 0 aliphatic carbocycles. The second-order valence-electron chi connectivity index (χ2n) is 3.49. The van der Waals surface area contributed by atoms with Gasteiger partial charge < -0.3 is 10.2 Å². The number of rotatable bonds is 4. The molecule has 1 aromatic rings. The van der Waals surface area contributed by atoms with E-state index in [0.717, 1.165) is 0 Å². The van der Waals surface area contributed by atoms with Gasteiger partial charge in [0.2, 0.25) is 0 Å². The van der Waals surface area contributed by atoms with Gasteiger partial charge in [0, 0.05) is 0 Å². The van der Waals surface area contributed by atoms with Gasteiger partial charge in [0.25, 0.3) is 10.1 Å². The first-order valence-corrected chi connectivity index (χ1v) is 6.49. The molecule has 0 saturated carbocycles. The van der Waals surface area contributed by atoms with E-state index in [2.05, 4.69) is 6.07 Å². The van der Waals surface area contributed by atoms with Gasteiger partial charge in [0.05, 0.1) is 6.42 Å². The van der Waals surface area contributed by atoms with Gasteiger partial charge in [0.1, 0.15) is 0 Å². The molecule has 1 atom stereocenters. The second kappa shape index (κ2) is 10.4. The van der Waals surface area contributed by atoms with Gasteiger partial charge in [-0.2, -0.15) is 44.3 Å². The third-order valence-corrected chi connectivity index (χ3v) is 2.95. The minimum atomic E-state index is -4.84. The van der Waals surface area contributed by atoms with E-state index >= 15 is 0 Å². The molecule has 0 aromatic heterocycles. The smallest absolute Gasteiger partial charge is 0.481 e. The molecular formula is C11H13KO7S. The Kier molecular flexibility index (Phi) is 11.5. The minimum Gasteiger partial charge on any atom is -0.481 e. The van der Waals surface area contributed by atoms with E-state index in [0.29, 0.717) is 0 Å². The van der Waals surface area contributed by atoms with Crippen LogP contribution in [0.3, 0.4) is 0 Å². The standard InChI is InChI=1S/C7H7.C4H6O7S.K/c1-7-5-3-2-4-6-7;5-3(6)1-2(4(7)8)12(9,10)11;/h2-5H,1H3;2H,1H2,(H,5,6)(H,7,8)(H,9,10,11);/q-1;;+1. The van der Waals surface area contributed by atoms with E-state index in [1.807, 2.05) is 31.2 Å². The molecule has 0 radical (unpaired) electrons. The van der Waals surface area contributed by atoms with Crippen molar-refractivity contribution in [1.82, 2.24) is 0 Å². The maximum atomic E-state index is 10.2. The molecule has 0 aliphatic heterocycles. The van der Waals surface area contributed by atoms with Crippen LogP contribution in [0.15, 0.2) is 24.3 Å². The van der Waals surface area contributed by atoms with E-state index in [1.165, 1.54) is 5.56 Å². The van der Waals surface area contributed by atoms with Crippen LogP contribution in [0.4, 0.5) is 0 Å². The first-order chi connectivity index (χ1) is 8.64. The van der Waals surface area contributed by atoms with E-state index in [-0.39, 0.29) is 51.4 Å². The first kappa shape index (κ1) is 22.0. The second-order valence-corrected chi connectivity index (χ2v) is 5.08. The third kappa shape index (κ3) is 10.5. The Balaban J connectivity index is 0. The molecule has 0 heterocycles. The van der Waals surface area contributed by atoms with Gasteiger partial charge in [-0.15, -0.1) is 0 Å². The van der Waals surface area contributed by atoms with Crippen molar-refractivity contribution in [2.24, 2.45) is 0 Å². The fourth-order valence-corrected chi connectivity index (χ4v) is 1.57. The normalized spacial score (nSPS) is 11.3. The molecule has 9 heteroatoms. The van der Waals surface area contributed by atoms with Crippen LogP contribution in [-0.4, -0.2) is 40.4 Å². The molecule has 106 valence electrons. The van der Waals surface area contributed by atoms with Crippen LogP contribution in [0.25, 0.3) is 0 Å². The Morgan fingerprint density at radius 2 is 1.85 bits per heavy atom. The quantitative estimate of drug-likeness (QED) is 0.319. The Bertz CT molecular complexity index is 527. The minimum absolute atomic E-state index is 0. The van der Waals surface area contributed by atoms with Crippen molar-refractivity contribution in [2.45, 2.75) is 18.6 Å². The number of carboxylic acid groups (broad SMARTS) is 2. The van der Waals surface area contributed by atoms with Crippen LogP contribution >= 0.6 is 0 Å². The summed E-state index contributed by atoms with van der Waals surface area (Å²) in [7, 11) is -4.84. The van der Waals surface area contributed by atoms with E-state index in [9.17, 15) is 18.0 Å². The monoisotopic (exact) mass is 328 g/mol. The maximum Gasteiger partial charge on any atom is 1.00 e. The summed E-state index contributed by atoms with van der Waals surface area (Å²) in [6.45, 7) is 2.03. The molecule has 0 saturated heterocycles. The van der Waals surface area contributed by atoms with Crippen molar-refractivity contribution in [3.63, 3.8) is 0 Å². The average molecular weight is 328 g/mol. The molecule has 3 N–H and O–H groups in total. The number of aryl methyl sites for hydroxylation is 1. The largest absolute Gasteiger partial charge is 1.00 e. The van der Waals surface area contributed by atoms with E-state index in [4.69, 9.17) is 14.8 Å². The summed E-state index contributed by atoms with van der Waals surface area (Å²) in [5, 5.41) is 13.9. The SMILES string of the molecule is Cc1[c-]cccc1.O=C(O)CC(C(=O)O)S(=O)(=O)O.[K+]. The molecule has 1 aromatic carbocycles. The summed E-state index contributed by atoms with van der Waals surface area (Å²) in [4.78, 5) is 20.0. The molecular weight excluding hydrogens is 315 g/mol. The van der Waals surface area contributed by atoms with Crippen molar-refractivity contribution < 1.29 is 84.2 Å². The summed E-state index contributed by atoms with van der Waals surface area (Å²) >= 11 is 0. The number of carboxylic acids is 2. The Morgan fingerprint density at radius 3 is 2.00 bits per heavy atom. The average Bonchev–Trinajstić information content (AvgIpc) is 2.26. The summed E-state index contributed by atoms with van der Waals surface area (Å²) in [6, 6.07) is 10.9. The van der Waals surface area contributed by atoms with E-state index < -0.39 is 33.7 Å². The third-order valence-electron chi connectivity index (χ3n) is 1.86. The van der Waals surface area contributed by atoms with Gasteiger partial charge >= 0.3 is 63.3 Å². The number of hydrogen-bond acceptors (Lipinski definition) is 4. The van der Waals surface area contributed by atoms with Gasteiger partial charge in [0.15, 0.2) is 5.25 Å². The molecule has 0 bridgehead atoms. The van der Waals surface area contributed by atoms with Crippen molar-refractivity contribution in [3.05, 3.63) is 35.9 Å². The molecule has 7 nitrogen and oxygen atoms in total. The zero-order valence-corrected chi connectivity index (χ0v) is 14.9. The maximum absolute atomic E-state index is 10.2. The number of hydrogen-bond donors (Lipinski definition) is 3. The summed E-state index contributed by atoms with van der Waals surface area (Å²) < 4.78 is 28.7. The van der Waals surface area contributed by atoms with Crippen LogP contribution in [0, 0.1) is 13.0 Å². The molecule has 0 aliphatic rings. The first-order valence-electron chi connectivity index (χ1n) is 4.98. The predicted molar refractivity (Wildman–Crippen MR) is 65.2 cm³/mol. The summed E-state index contributed by atoms with van der Waals surface area (Å²) in [5.41, 5.74) is 1.20. The Hall–Kier alpha value is -0.294. The summed E-state index contributed by atoms with van der Waals surface area (Å²) in [5.74, 6) is -3.50. The van der Waals surface area contributed by atoms with Crippen LogP contribution in [0.2, 0.25) is 0 Å². The van der Waals surface area contributed by atoms with Crippen LogP contribution in [0.5, 0.6) is 0 Å². The van der Waals surface area contributed by atoms with Crippen molar-refractivity contribution in [2.75, 3.05) is 0 Å². The molecule has 0 amide bonds. The number of carbonyl (C=O) groups is 2. The Labute approximate surface area is 159 Å². The fraction of sp³-hybridized carbons (Fsp3) is 0.273. The number of benzene rings is 1. The molecule has 20 heavy (non-hydrogen) atoms. The van der Waals surface area contributed by atoms with Crippen molar-refractivity contribution in [1.29, 1.82) is 0 Å². The van der Waals surface area contributed by atoms with Crippen LogP contribution < -0.4 is 51.4 Å².